The summed E-state index contributed by atoms with van der Waals surface area (Å²) >= 11 is 0. The molecule has 0 bridgehead atoms. The quantitative estimate of drug-likeness (QED) is 0.451. The summed E-state index contributed by atoms with van der Waals surface area (Å²) in [5.41, 5.74) is 0.879. The van der Waals surface area contributed by atoms with Crippen LogP contribution in [0.1, 0.15) is 52.7 Å². The highest BCUT2D eigenvalue weighted by molar-refractivity contribution is 5.95. The molecule has 0 aliphatic carbocycles. The minimum atomic E-state index is -0.947. The third kappa shape index (κ3) is 6.20. The number of carbonyl (C=O) groups excluding carboxylic acids is 1. The minimum Gasteiger partial charge on any atom is -0.443 e. The SMILES string of the molecule is CCOOCc1cc(C=CC(C)(C)O)c2ccn(C(=O)OC(C)(C)C)c2c1. The molecule has 1 aromatic carbocycles. The number of aliphatic hydroxyl groups is 1. The van der Waals surface area contributed by atoms with Gasteiger partial charge in [0, 0.05) is 11.6 Å². The molecular formula is C21H29NO5. The van der Waals surface area contributed by atoms with Crippen LogP contribution >= 0.6 is 0 Å². The van der Waals surface area contributed by atoms with Crippen LogP contribution in [0.3, 0.4) is 0 Å². The van der Waals surface area contributed by atoms with Gasteiger partial charge in [-0.3, -0.25) is 4.57 Å². The van der Waals surface area contributed by atoms with E-state index in [0.29, 0.717) is 12.1 Å². The normalized spacial score (nSPS) is 12.9. The lowest BCUT2D eigenvalue weighted by atomic mass is 10.0. The van der Waals surface area contributed by atoms with Crippen molar-refractivity contribution in [3.8, 4) is 0 Å². The van der Waals surface area contributed by atoms with Gasteiger partial charge in [0.25, 0.3) is 0 Å². The molecule has 0 spiro atoms. The Morgan fingerprint density at radius 1 is 1.19 bits per heavy atom. The Labute approximate surface area is 160 Å². The number of hydrogen-bond acceptors (Lipinski definition) is 5. The lowest BCUT2D eigenvalue weighted by Crippen LogP contribution is -2.26. The van der Waals surface area contributed by atoms with E-state index in [1.54, 1.807) is 26.1 Å². The van der Waals surface area contributed by atoms with Crippen molar-refractivity contribution in [2.45, 2.75) is 59.4 Å². The number of aromatic nitrogens is 1. The summed E-state index contributed by atoms with van der Waals surface area (Å²) in [5.74, 6) is 0. The monoisotopic (exact) mass is 375 g/mol. The van der Waals surface area contributed by atoms with Crippen molar-refractivity contribution in [3.63, 3.8) is 0 Å². The van der Waals surface area contributed by atoms with Crippen LogP contribution in [0.25, 0.3) is 17.0 Å². The highest BCUT2D eigenvalue weighted by Crippen LogP contribution is 2.26. The molecule has 0 aliphatic rings. The molecule has 0 saturated carbocycles. The van der Waals surface area contributed by atoms with Gasteiger partial charge in [0.1, 0.15) is 12.2 Å². The molecule has 6 heteroatoms. The standard InChI is InChI=1S/C21H29NO5/c1-7-25-26-14-15-12-16(8-10-21(5,6)24)17-9-11-22(18(17)13-15)19(23)27-20(2,3)4/h8-13,24H,7,14H2,1-6H3. The molecular weight excluding hydrogens is 346 g/mol. The fraction of sp³-hybridized carbons (Fsp3) is 0.476. The van der Waals surface area contributed by atoms with Crippen LogP contribution in [0.4, 0.5) is 4.79 Å². The summed E-state index contributed by atoms with van der Waals surface area (Å²) in [5, 5.41) is 10.9. The molecule has 2 aromatic rings. The Hall–Kier alpha value is -2.15. The van der Waals surface area contributed by atoms with E-state index in [2.05, 4.69) is 0 Å². The van der Waals surface area contributed by atoms with Gasteiger partial charge in [0.2, 0.25) is 0 Å². The maximum atomic E-state index is 12.6. The average molecular weight is 375 g/mol. The third-order valence-electron chi connectivity index (χ3n) is 3.59. The van der Waals surface area contributed by atoms with Gasteiger partial charge in [0.15, 0.2) is 0 Å². The number of hydrogen-bond donors (Lipinski definition) is 1. The third-order valence-corrected chi connectivity index (χ3v) is 3.59. The summed E-state index contributed by atoms with van der Waals surface area (Å²) in [4.78, 5) is 22.7. The first-order valence-corrected chi connectivity index (χ1v) is 9.03. The summed E-state index contributed by atoms with van der Waals surface area (Å²) < 4.78 is 6.97. The van der Waals surface area contributed by atoms with Gasteiger partial charge in [-0.1, -0.05) is 12.2 Å². The van der Waals surface area contributed by atoms with Crippen LogP contribution in [0.2, 0.25) is 0 Å². The highest BCUT2D eigenvalue weighted by Gasteiger charge is 2.20. The predicted octanol–water partition coefficient (Wildman–Crippen LogP) is 4.68. The molecule has 148 valence electrons. The summed E-state index contributed by atoms with van der Waals surface area (Å²) in [6, 6.07) is 5.68. The van der Waals surface area contributed by atoms with Gasteiger partial charge in [-0.2, -0.15) is 0 Å². The molecule has 1 heterocycles. The summed E-state index contributed by atoms with van der Waals surface area (Å²) in [6.45, 7) is 11.4. The van der Waals surface area contributed by atoms with E-state index in [1.165, 1.54) is 4.57 Å². The Kier molecular flexibility index (Phi) is 6.46. The number of benzene rings is 1. The van der Waals surface area contributed by atoms with E-state index in [4.69, 9.17) is 14.5 Å². The number of fused-ring (bicyclic) bond motifs is 1. The Morgan fingerprint density at radius 3 is 2.48 bits per heavy atom. The molecule has 0 amide bonds. The van der Waals surface area contributed by atoms with Crippen LogP contribution in [0, 0.1) is 0 Å². The first kappa shape index (κ1) is 21.2. The summed E-state index contributed by atoms with van der Waals surface area (Å²) in [7, 11) is 0. The maximum absolute atomic E-state index is 12.6. The van der Waals surface area contributed by atoms with Gasteiger partial charge >= 0.3 is 6.09 Å². The predicted molar refractivity (Wildman–Crippen MR) is 105 cm³/mol. The second-order valence-corrected chi connectivity index (χ2v) is 7.94. The zero-order valence-electron chi connectivity index (χ0n) is 16.9. The zero-order valence-corrected chi connectivity index (χ0v) is 16.9. The van der Waals surface area contributed by atoms with Crippen LogP contribution in [-0.4, -0.2) is 33.6 Å². The van der Waals surface area contributed by atoms with Crippen LogP contribution in [0.15, 0.2) is 30.5 Å². The molecule has 2 rings (SSSR count). The van der Waals surface area contributed by atoms with E-state index in [9.17, 15) is 9.90 Å². The number of carbonyl (C=O) groups is 1. The fourth-order valence-corrected chi connectivity index (χ4v) is 2.51. The van der Waals surface area contributed by atoms with E-state index < -0.39 is 17.3 Å². The lowest BCUT2D eigenvalue weighted by molar-refractivity contribution is -0.300. The van der Waals surface area contributed by atoms with E-state index >= 15 is 0 Å². The van der Waals surface area contributed by atoms with Gasteiger partial charge in [-0.05, 0) is 70.9 Å². The Balaban J connectivity index is 2.50. The van der Waals surface area contributed by atoms with Gasteiger partial charge in [0.05, 0.1) is 17.7 Å². The van der Waals surface area contributed by atoms with Crippen molar-refractivity contribution in [2.24, 2.45) is 0 Å². The summed E-state index contributed by atoms with van der Waals surface area (Å²) in [6.07, 6.45) is 4.79. The number of ether oxygens (including phenoxy) is 1. The topological polar surface area (TPSA) is 69.9 Å². The van der Waals surface area contributed by atoms with Crippen molar-refractivity contribution in [1.82, 2.24) is 4.57 Å². The highest BCUT2D eigenvalue weighted by atomic mass is 17.2. The minimum absolute atomic E-state index is 0.243. The van der Waals surface area contributed by atoms with E-state index in [0.717, 1.165) is 16.5 Å². The first-order valence-electron chi connectivity index (χ1n) is 9.03. The smallest absolute Gasteiger partial charge is 0.418 e. The van der Waals surface area contributed by atoms with E-state index in [-0.39, 0.29) is 6.61 Å². The first-order chi connectivity index (χ1) is 12.5. The van der Waals surface area contributed by atoms with Crippen LogP contribution in [0.5, 0.6) is 0 Å². The number of nitrogens with zero attached hydrogens (tertiary/aromatic N) is 1. The van der Waals surface area contributed by atoms with E-state index in [1.807, 2.05) is 52.0 Å². The van der Waals surface area contributed by atoms with Crippen LogP contribution in [-0.2, 0) is 21.1 Å². The number of rotatable bonds is 6. The molecule has 0 atom stereocenters. The molecule has 6 nitrogen and oxygen atoms in total. The van der Waals surface area contributed by atoms with Crippen LogP contribution < -0.4 is 0 Å². The lowest BCUT2D eigenvalue weighted by Gasteiger charge is -2.20. The fourth-order valence-electron chi connectivity index (χ4n) is 2.51. The molecule has 0 radical (unpaired) electrons. The molecule has 1 aromatic heterocycles. The Morgan fingerprint density at radius 2 is 1.89 bits per heavy atom. The molecule has 0 saturated heterocycles. The molecule has 0 unspecified atom stereocenters. The second-order valence-electron chi connectivity index (χ2n) is 7.94. The van der Waals surface area contributed by atoms with Crippen molar-refractivity contribution in [3.05, 3.63) is 41.6 Å². The van der Waals surface area contributed by atoms with Crippen molar-refractivity contribution in [1.29, 1.82) is 0 Å². The van der Waals surface area contributed by atoms with Crippen molar-refractivity contribution < 1.29 is 24.4 Å². The molecule has 0 aliphatic heterocycles. The molecule has 1 N–H and O–H groups in total. The largest absolute Gasteiger partial charge is 0.443 e. The van der Waals surface area contributed by atoms with Gasteiger partial charge in [-0.15, -0.1) is 0 Å². The maximum Gasteiger partial charge on any atom is 0.418 e. The van der Waals surface area contributed by atoms with Gasteiger partial charge < -0.3 is 9.84 Å². The molecule has 27 heavy (non-hydrogen) atoms. The van der Waals surface area contributed by atoms with Crippen molar-refractivity contribution in [2.75, 3.05) is 6.61 Å². The zero-order chi connectivity index (χ0) is 20.2. The average Bonchev–Trinajstić information content (AvgIpc) is 2.94. The second kappa shape index (κ2) is 8.25. The molecule has 0 fully saturated rings. The van der Waals surface area contributed by atoms with Crippen molar-refractivity contribution >= 4 is 23.1 Å². The van der Waals surface area contributed by atoms with Gasteiger partial charge in [-0.25, -0.2) is 14.6 Å². The Bertz CT molecular complexity index is 821.